The average Bonchev–Trinajstić information content (AvgIpc) is 3.32. The van der Waals surface area contributed by atoms with Crippen molar-refractivity contribution >= 4 is 6.08 Å². The van der Waals surface area contributed by atoms with Crippen molar-refractivity contribution in [2.45, 2.75) is 45.2 Å². The van der Waals surface area contributed by atoms with Crippen molar-refractivity contribution in [1.82, 2.24) is 30.0 Å². The van der Waals surface area contributed by atoms with Crippen LogP contribution in [0.3, 0.4) is 0 Å². The molecule has 3 aromatic rings. The maximum atomic E-state index is 4.51. The van der Waals surface area contributed by atoms with Crippen molar-refractivity contribution in [3.05, 3.63) is 83.7 Å². The largest absolute Gasteiger partial charge is 0.297 e. The molecule has 0 bridgehead atoms. The van der Waals surface area contributed by atoms with E-state index in [9.17, 15) is 0 Å². The van der Waals surface area contributed by atoms with Crippen LogP contribution in [-0.2, 0) is 12.0 Å². The minimum atomic E-state index is -0.145. The Morgan fingerprint density at radius 1 is 0.909 bits per heavy atom. The molecule has 2 aromatic carbocycles. The third kappa shape index (κ3) is 6.36. The van der Waals surface area contributed by atoms with Crippen LogP contribution in [-0.4, -0.2) is 62.7 Å². The lowest BCUT2D eigenvalue weighted by atomic mass is 10.0. The fraction of sp³-hybridized carbons (Fsp3) is 0.444. The zero-order chi connectivity index (χ0) is 23.1. The summed E-state index contributed by atoms with van der Waals surface area (Å²) in [6.45, 7) is 11.6. The van der Waals surface area contributed by atoms with Crippen LogP contribution in [0.15, 0.2) is 66.7 Å². The third-order valence-corrected chi connectivity index (χ3v) is 6.30. The molecule has 0 amide bonds. The first kappa shape index (κ1) is 23.3. The zero-order valence-corrected chi connectivity index (χ0v) is 20.1. The maximum absolute atomic E-state index is 4.51. The fourth-order valence-corrected chi connectivity index (χ4v) is 4.46. The van der Waals surface area contributed by atoms with Gasteiger partial charge in [-0.25, -0.2) is 4.68 Å². The monoisotopic (exact) mass is 444 g/mol. The second-order valence-electron chi connectivity index (χ2n) is 9.81. The lowest BCUT2D eigenvalue weighted by Crippen LogP contribution is -2.48. The molecule has 6 heteroatoms. The van der Waals surface area contributed by atoms with Crippen molar-refractivity contribution in [2.24, 2.45) is 0 Å². The minimum Gasteiger partial charge on any atom is -0.297 e. The molecule has 1 aliphatic heterocycles. The summed E-state index contributed by atoms with van der Waals surface area (Å²) >= 11 is 0. The predicted octanol–water partition coefficient (Wildman–Crippen LogP) is 4.43. The van der Waals surface area contributed by atoms with Crippen LogP contribution < -0.4 is 0 Å². The molecule has 1 aliphatic rings. The van der Waals surface area contributed by atoms with Crippen molar-refractivity contribution < 1.29 is 0 Å². The summed E-state index contributed by atoms with van der Waals surface area (Å²) in [4.78, 5) is 5.10. The Balaban J connectivity index is 1.42. The standard InChI is InChI=1S/C27H36N6/c1-27(2,3)33-26(28-29-30-33)25(17-16-24-13-8-5-9-14-24)32-21-19-31(20-22-32)18-10-15-23-11-6-4-7-12-23/h4-15,25H,16-22H2,1-3H3/b15-10+. The van der Waals surface area contributed by atoms with Gasteiger partial charge in [-0.05, 0) is 55.2 Å². The molecule has 1 atom stereocenters. The number of tetrazole rings is 1. The molecule has 6 nitrogen and oxygen atoms in total. The van der Waals surface area contributed by atoms with Crippen LogP contribution in [0.25, 0.3) is 6.08 Å². The molecule has 174 valence electrons. The highest BCUT2D eigenvalue weighted by Crippen LogP contribution is 2.28. The number of piperazine rings is 1. The van der Waals surface area contributed by atoms with Gasteiger partial charge in [-0.2, -0.15) is 0 Å². The van der Waals surface area contributed by atoms with Gasteiger partial charge < -0.3 is 0 Å². The molecule has 2 heterocycles. The van der Waals surface area contributed by atoms with Crippen LogP contribution in [0.2, 0.25) is 0 Å². The fourth-order valence-electron chi connectivity index (χ4n) is 4.46. The highest BCUT2D eigenvalue weighted by Gasteiger charge is 2.31. The third-order valence-electron chi connectivity index (χ3n) is 6.30. The SMILES string of the molecule is CC(C)(C)n1nnnc1C(CCc1ccccc1)N1CCN(C/C=C/c2ccccc2)CC1. The normalized spacial score (nSPS) is 16.9. The topological polar surface area (TPSA) is 50.1 Å². The number of hydrogen-bond donors (Lipinski definition) is 0. The van der Waals surface area contributed by atoms with Crippen LogP contribution in [0.5, 0.6) is 0 Å². The highest BCUT2D eigenvalue weighted by atomic mass is 15.6. The molecule has 0 radical (unpaired) electrons. The lowest BCUT2D eigenvalue weighted by Gasteiger charge is -2.39. The lowest BCUT2D eigenvalue weighted by molar-refractivity contribution is 0.0899. The molecule has 33 heavy (non-hydrogen) atoms. The first-order valence-corrected chi connectivity index (χ1v) is 12.0. The van der Waals surface area contributed by atoms with Crippen LogP contribution >= 0.6 is 0 Å². The Kier molecular flexibility index (Phi) is 7.68. The van der Waals surface area contributed by atoms with Gasteiger partial charge in [0.1, 0.15) is 0 Å². The van der Waals surface area contributed by atoms with E-state index < -0.39 is 0 Å². The van der Waals surface area contributed by atoms with Gasteiger partial charge in [0.25, 0.3) is 0 Å². The first-order valence-electron chi connectivity index (χ1n) is 12.0. The first-order chi connectivity index (χ1) is 16.0. The van der Waals surface area contributed by atoms with Gasteiger partial charge >= 0.3 is 0 Å². The van der Waals surface area contributed by atoms with Gasteiger partial charge in [0, 0.05) is 32.7 Å². The van der Waals surface area contributed by atoms with E-state index in [1.165, 1.54) is 11.1 Å². The van der Waals surface area contributed by atoms with E-state index in [-0.39, 0.29) is 11.6 Å². The molecule has 0 spiro atoms. The molecule has 0 saturated carbocycles. The molecular weight excluding hydrogens is 408 g/mol. The second kappa shape index (κ2) is 10.9. The summed E-state index contributed by atoms with van der Waals surface area (Å²) in [6.07, 6.45) is 6.52. The molecule has 0 N–H and O–H groups in total. The number of rotatable bonds is 8. The second-order valence-corrected chi connectivity index (χ2v) is 9.81. The number of aryl methyl sites for hydroxylation is 1. The van der Waals surface area contributed by atoms with Crippen molar-refractivity contribution in [3.8, 4) is 0 Å². The van der Waals surface area contributed by atoms with Gasteiger partial charge in [-0.15, -0.1) is 5.10 Å². The van der Waals surface area contributed by atoms with Gasteiger partial charge in [0.2, 0.25) is 0 Å². The molecular formula is C27H36N6. The smallest absolute Gasteiger partial charge is 0.168 e. The van der Waals surface area contributed by atoms with Gasteiger partial charge in [-0.3, -0.25) is 9.80 Å². The van der Waals surface area contributed by atoms with E-state index in [4.69, 9.17) is 0 Å². The highest BCUT2D eigenvalue weighted by molar-refractivity contribution is 5.48. The Morgan fingerprint density at radius 3 is 2.24 bits per heavy atom. The summed E-state index contributed by atoms with van der Waals surface area (Å²) in [5.74, 6) is 0.982. The summed E-state index contributed by atoms with van der Waals surface area (Å²) in [5.41, 5.74) is 2.47. The Morgan fingerprint density at radius 2 is 1.58 bits per heavy atom. The van der Waals surface area contributed by atoms with Gasteiger partial charge in [0.05, 0.1) is 11.6 Å². The molecule has 0 aliphatic carbocycles. The van der Waals surface area contributed by atoms with E-state index in [2.05, 4.69) is 119 Å². The molecule has 1 aromatic heterocycles. The zero-order valence-electron chi connectivity index (χ0n) is 20.1. The van der Waals surface area contributed by atoms with Crippen LogP contribution in [0.1, 0.15) is 50.2 Å². The van der Waals surface area contributed by atoms with E-state index in [1.807, 2.05) is 4.68 Å². The van der Waals surface area contributed by atoms with Crippen LogP contribution in [0, 0.1) is 0 Å². The molecule has 1 unspecified atom stereocenters. The Bertz CT molecular complexity index is 998. The van der Waals surface area contributed by atoms with Gasteiger partial charge in [-0.1, -0.05) is 72.8 Å². The number of aromatic nitrogens is 4. The minimum absolute atomic E-state index is 0.145. The summed E-state index contributed by atoms with van der Waals surface area (Å²) in [6, 6.07) is 21.4. The number of benzene rings is 2. The maximum Gasteiger partial charge on any atom is 0.168 e. The number of hydrogen-bond acceptors (Lipinski definition) is 5. The Labute approximate surface area is 197 Å². The van der Waals surface area contributed by atoms with Crippen LogP contribution in [0.4, 0.5) is 0 Å². The summed E-state index contributed by atoms with van der Waals surface area (Å²) in [5, 5.41) is 12.9. The van der Waals surface area contributed by atoms with Crippen molar-refractivity contribution in [3.63, 3.8) is 0 Å². The summed E-state index contributed by atoms with van der Waals surface area (Å²) in [7, 11) is 0. The predicted molar refractivity (Wildman–Crippen MR) is 134 cm³/mol. The average molecular weight is 445 g/mol. The molecule has 1 fully saturated rings. The van der Waals surface area contributed by atoms with E-state index in [1.54, 1.807) is 0 Å². The Hall–Kier alpha value is -2.83. The van der Waals surface area contributed by atoms with Crippen molar-refractivity contribution in [2.75, 3.05) is 32.7 Å². The van der Waals surface area contributed by atoms with Crippen molar-refractivity contribution in [1.29, 1.82) is 0 Å². The molecule has 1 saturated heterocycles. The van der Waals surface area contributed by atoms with E-state index in [0.29, 0.717) is 0 Å². The summed E-state index contributed by atoms with van der Waals surface area (Å²) < 4.78 is 2.01. The number of nitrogens with zero attached hydrogens (tertiary/aromatic N) is 6. The van der Waals surface area contributed by atoms with Gasteiger partial charge in [0.15, 0.2) is 5.82 Å². The quantitative estimate of drug-likeness (QED) is 0.514. The van der Waals surface area contributed by atoms with E-state index >= 15 is 0 Å². The molecule has 4 rings (SSSR count). The van der Waals surface area contributed by atoms with E-state index in [0.717, 1.165) is 51.4 Å².